The largest absolute Gasteiger partial charge is 0.618 e. The Labute approximate surface area is 311 Å². The highest BCUT2D eigenvalue weighted by Crippen LogP contribution is 2.66. The molecule has 4 nitrogen and oxygen atoms in total. The van der Waals surface area contributed by atoms with Gasteiger partial charge in [0.25, 0.3) is 11.4 Å². The van der Waals surface area contributed by atoms with E-state index in [0.717, 1.165) is 0 Å². The number of halogens is 12. The highest BCUT2D eigenvalue weighted by molar-refractivity contribution is 5.72. The van der Waals surface area contributed by atoms with Gasteiger partial charge in [0.2, 0.25) is 11.4 Å². The molecule has 2 saturated carbocycles. The van der Waals surface area contributed by atoms with Crippen molar-refractivity contribution in [2.24, 2.45) is 22.7 Å². The minimum Gasteiger partial charge on any atom is -0.618 e. The van der Waals surface area contributed by atoms with Gasteiger partial charge in [0.05, 0.1) is 22.3 Å². The first kappa shape index (κ1) is 38.4. The van der Waals surface area contributed by atoms with Crippen LogP contribution >= 0.6 is 0 Å². The molecule has 0 unspecified atom stereocenters. The van der Waals surface area contributed by atoms with Crippen molar-refractivity contribution in [3.05, 3.63) is 103 Å². The van der Waals surface area contributed by atoms with Crippen molar-refractivity contribution in [2.45, 2.75) is 89.9 Å². The van der Waals surface area contributed by atoms with Crippen LogP contribution in [0.25, 0.3) is 33.9 Å². The van der Waals surface area contributed by atoms with Gasteiger partial charge in [0, 0.05) is 34.4 Å². The molecule has 2 aromatic carbocycles. The summed E-state index contributed by atoms with van der Waals surface area (Å²) < 4.78 is 169. The quantitative estimate of drug-likeness (QED) is 0.118. The summed E-state index contributed by atoms with van der Waals surface area (Å²) in [6.07, 6.45) is -19.5. The zero-order valence-electron chi connectivity index (χ0n) is 30.0. The average molecular weight is 801 g/mol. The number of benzene rings is 2. The Morgan fingerprint density at radius 1 is 0.518 bits per heavy atom. The fourth-order valence-electron chi connectivity index (χ4n) is 9.76. The summed E-state index contributed by atoms with van der Waals surface area (Å²) in [6.45, 7) is 7.69. The highest BCUT2D eigenvalue weighted by atomic mass is 19.4. The summed E-state index contributed by atoms with van der Waals surface area (Å²) in [6, 6.07) is 3.93. The summed E-state index contributed by atoms with van der Waals surface area (Å²) in [5.41, 5.74) is -9.75. The van der Waals surface area contributed by atoms with E-state index in [1.165, 1.54) is 12.1 Å². The van der Waals surface area contributed by atoms with Crippen LogP contribution in [0, 0.1) is 33.1 Å². The minimum absolute atomic E-state index is 0.00517. The first-order valence-corrected chi connectivity index (χ1v) is 17.8. The third-order valence-electron chi connectivity index (χ3n) is 13.3. The molecule has 2 fully saturated rings. The molecule has 2 aromatic heterocycles. The molecule has 4 atom stereocenters. The number of alkyl halides is 12. The summed E-state index contributed by atoms with van der Waals surface area (Å²) >= 11 is 0. The number of hydrogen-bond donors (Lipinski definition) is 0. The fourth-order valence-corrected chi connectivity index (χ4v) is 9.76. The predicted octanol–water partition coefficient (Wildman–Crippen LogP) is 11.4. The summed E-state index contributed by atoms with van der Waals surface area (Å²) in [5.74, 6) is -0.831. The standard InChI is InChI=1S/C40H32F12N2O2/c1-35(2)21-13-27-26(28(35)14-21)16-31(18-7-24(39(47,48)49)12-25(8-18)40(50,51)52)53(55)33(27)34-32-19(9-20-15-29(32)36(20,3)4)10-30(54(34)56)17-5-22(37(41,42)43)11-23(6-17)38(44,45)46/h5-8,10-12,16,20-21,28-29H,9,13-15H2,1-4H3/t20-,21+,28+,29-/m0/s1. The lowest BCUT2D eigenvalue weighted by Gasteiger charge is -2.57. The second-order valence-corrected chi connectivity index (χ2v) is 16.8. The summed E-state index contributed by atoms with van der Waals surface area (Å²) in [4.78, 5) is 0. The van der Waals surface area contributed by atoms with E-state index in [2.05, 4.69) is 0 Å². The van der Waals surface area contributed by atoms with Crippen molar-refractivity contribution in [3.8, 4) is 33.9 Å². The van der Waals surface area contributed by atoms with Crippen molar-refractivity contribution < 1.29 is 62.1 Å². The van der Waals surface area contributed by atoms with E-state index < -0.39 is 97.6 Å². The van der Waals surface area contributed by atoms with Crippen LogP contribution in [0.5, 0.6) is 0 Å². The molecule has 0 radical (unpaired) electrons. The van der Waals surface area contributed by atoms with E-state index in [-0.39, 0.29) is 52.2 Å². The van der Waals surface area contributed by atoms with Gasteiger partial charge in [-0.05, 0) is 108 Å². The van der Waals surface area contributed by atoms with Crippen molar-refractivity contribution in [2.75, 3.05) is 0 Å². The van der Waals surface area contributed by atoms with E-state index >= 15 is 0 Å². The normalized spacial score (nSPS) is 23.5. The van der Waals surface area contributed by atoms with E-state index in [1.807, 2.05) is 27.7 Å². The first-order chi connectivity index (χ1) is 25.6. The molecular weight excluding hydrogens is 768 g/mol. The SMILES string of the molecule is CC1(C)[C@@H]2Cc3c(cc(-c4cc(C(F)(F)F)cc(C(F)(F)F)c4)[n+]([O-])c3-c3c4c(cc(-c5cc(C(F)(F)F)cc(C(F)(F)F)c5)[n+]3[O-])C[C@H]3C[C@@H]4C3(C)C)[C@H]1C2. The molecule has 0 N–H and O–H groups in total. The zero-order chi connectivity index (χ0) is 41.0. The van der Waals surface area contributed by atoms with Crippen molar-refractivity contribution >= 4 is 0 Å². The Bertz CT molecular complexity index is 2270. The van der Waals surface area contributed by atoms with Crippen LogP contribution in [0.15, 0.2) is 48.5 Å². The van der Waals surface area contributed by atoms with Crippen LogP contribution in [0.1, 0.15) is 96.9 Å². The van der Waals surface area contributed by atoms with Crippen LogP contribution in [0.3, 0.4) is 0 Å². The number of aromatic nitrogens is 2. The van der Waals surface area contributed by atoms with Gasteiger partial charge in [-0.3, -0.25) is 0 Å². The lowest BCUT2D eigenvalue weighted by atomic mass is 9.46. The molecule has 10 rings (SSSR count). The van der Waals surface area contributed by atoms with Gasteiger partial charge < -0.3 is 10.4 Å². The molecule has 6 aliphatic carbocycles. The maximum atomic E-state index is 14.9. The highest BCUT2D eigenvalue weighted by Gasteiger charge is 2.59. The lowest BCUT2D eigenvalue weighted by molar-refractivity contribution is -0.615. The van der Waals surface area contributed by atoms with Crippen LogP contribution in [-0.4, -0.2) is 0 Å². The third kappa shape index (κ3) is 5.65. The molecule has 2 heterocycles. The van der Waals surface area contributed by atoms with E-state index in [0.29, 0.717) is 59.4 Å². The number of hydrogen-bond acceptors (Lipinski definition) is 2. The molecule has 4 aromatic rings. The minimum atomic E-state index is -5.26. The van der Waals surface area contributed by atoms with Gasteiger partial charge in [-0.1, -0.05) is 27.7 Å². The van der Waals surface area contributed by atoms with Crippen LogP contribution in [0.4, 0.5) is 52.7 Å². The molecule has 16 heteroatoms. The van der Waals surface area contributed by atoms with Crippen molar-refractivity contribution in [1.29, 1.82) is 0 Å². The number of pyridine rings is 2. The zero-order valence-corrected chi connectivity index (χ0v) is 30.0. The van der Waals surface area contributed by atoms with Gasteiger partial charge in [-0.25, -0.2) is 0 Å². The smallest absolute Gasteiger partial charge is 0.416 e. The van der Waals surface area contributed by atoms with Gasteiger partial charge >= 0.3 is 24.7 Å². The van der Waals surface area contributed by atoms with Gasteiger partial charge in [0.15, 0.2) is 0 Å². The van der Waals surface area contributed by atoms with Crippen LogP contribution in [-0.2, 0) is 37.5 Å². The van der Waals surface area contributed by atoms with Gasteiger partial charge in [-0.15, -0.1) is 0 Å². The average Bonchev–Trinajstić information content (AvgIpc) is 3.09. The Balaban J connectivity index is 1.49. The molecule has 0 spiro atoms. The predicted molar refractivity (Wildman–Crippen MR) is 177 cm³/mol. The molecule has 56 heavy (non-hydrogen) atoms. The maximum absolute atomic E-state index is 14.9. The van der Waals surface area contributed by atoms with E-state index in [9.17, 15) is 63.1 Å². The van der Waals surface area contributed by atoms with E-state index in [1.54, 1.807) is 0 Å². The fraction of sp³-hybridized carbons (Fsp3) is 0.450. The monoisotopic (exact) mass is 800 g/mol. The molecule has 6 aliphatic rings. The molecule has 0 saturated heterocycles. The van der Waals surface area contributed by atoms with Crippen LogP contribution < -0.4 is 9.46 Å². The summed E-state index contributed by atoms with van der Waals surface area (Å²) in [7, 11) is 0. The van der Waals surface area contributed by atoms with E-state index in [4.69, 9.17) is 0 Å². The first-order valence-electron chi connectivity index (χ1n) is 17.8. The van der Waals surface area contributed by atoms with Crippen LogP contribution in [0.2, 0.25) is 0 Å². The molecule has 298 valence electrons. The maximum Gasteiger partial charge on any atom is 0.416 e. The van der Waals surface area contributed by atoms with Gasteiger partial charge in [0.1, 0.15) is 0 Å². The molecule has 0 aliphatic heterocycles. The lowest BCUT2D eigenvalue weighted by Crippen LogP contribution is -2.53. The summed E-state index contributed by atoms with van der Waals surface area (Å²) in [5, 5.41) is 29.8. The van der Waals surface area contributed by atoms with Gasteiger partial charge in [-0.2, -0.15) is 62.1 Å². The second-order valence-electron chi connectivity index (χ2n) is 16.8. The Hall–Kier alpha value is -4.50. The number of rotatable bonds is 3. The Morgan fingerprint density at radius 3 is 1.34 bits per heavy atom. The topological polar surface area (TPSA) is 53.9 Å². The Kier molecular flexibility index (Phi) is 7.92. The number of nitrogens with zero attached hydrogens (tertiary/aromatic N) is 2. The Morgan fingerprint density at radius 2 is 0.911 bits per heavy atom. The van der Waals surface area contributed by atoms with Crippen molar-refractivity contribution in [1.82, 2.24) is 0 Å². The molecule has 4 bridgehead atoms. The third-order valence-corrected chi connectivity index (χ3v) is 13.3. The molecule has 0 amide bonds. The second kappa shape index (κ2) is 11.6. The molecular formula is C40H32F12N2O2. The van der Waals surface area contributed by atoms with Crippen molar-refractivity contribution in [3.63, 3.8) is 0 Å².